The fraction of sp³-hybridized carbons (Fsp3) is 0.952. The molecule has 0 aromatic carbocycles. The Hall–Kier alpha value is -0.570. The second-order valence-electron chi connectivity index (χ2n) is 6.83. The van der Waals surface area contributed by atoms with Crippen LogP contribution < -0.4 is 0 Å². The maximum atomic E-state index is 11.5. The van der Waals surface area contributed by atoms with Crippen LogP contribution in [0.5, 0.6) is 0 Å². The van der Waals surface area contributed by atoms with Crippen LogP contribution in [0.3, 0.4) is 0 Å². The van der Waals surface area contributed by atoms with Crippen molar-refractivity contribution in [2.45, 2.75) is 110 Å². The molecule has 0 aliphatic heterocycles. The van der Waals surface area contributed by atoms with Gasteiger partial charge in [-0.1, -0.05) is 90.9 Å². The molecular formula is C21H42O3. The van der Waals surface area contributed by atoms with Gasteiger partial charge >= 0.3 is 5.97 Å². The van der Waals surface area contributed by atoms with E-state index in [1.54, 1.807) is 0 Å². The molecular weight excluding hydrogens is 300 g/mol. The van der Waals surface area contributed by atoms with Crippen molar-refractivity contribution in [1.29, 1.82) is 0 Å². The van der Waals surface area contributed by atoms with Gasteiger partial charge in [-0.25, -0.2) is 0 Å². The van der Waals surface area contributed by atoms with E-state index in [1.807, 2.05) is 0 Å². The molecule has 0 aromatic heterocycles. The number of carbonyl (C=O) groups excluding carboxylic acids is 1. The maximum Gasteiger partial charge on any atom is 0.305 e. The lowest BCUT2D eigenvalue weighted by molar-refractivity contribution is -0.145. The average Bonchev–Trinajstić information content (AvgIpc) is 2.59. The third-order valence-corrected chi connectivity index (χ3v) is 4.32. The van der Waals surface area contributed by atoms with E-state index < -0.39 is 0 Å². The summed E-state index contributed by atoms with van der Waals surface area (Å²) < 4.78 is 10.4. The standard InChI is InChI=1S/C21H42O3/c1-3-5-6-7-8-9-10-11-12-13-14-15-16-17-21(22)24-20-19-23-18-4-2/h3-20H2,1-2H3. The van der Waals surface area contributed by atoms with Crippen molar-refractivity contribution >= 4 is 5.97 Å². The minimum absolute atomic E-state index is 0.0711. The van der Waals surface area contributed by atoms with Crippen LogP contribution in [0.1, 0.15) is 110 Å². The van der Waals surface area contributed by atoms with E-state index in [0.717, 1.165) is 25.9 Å². The number of ether oxygens (including phenoxy) is 2. The molecule has 0 rings (SSSR count). The molecule has 0 amide bonds. The van der Waals surface area contributed by atoms with E-state index in [1.165, 1.54) is 70.6 Å². The van der Waals surface area contributed by atoms with E-state index in [0.29, 0.717) is 19.6 Å². The first kappa shape index (κ1) is 23.4. The summed E-state index contributed by atoms with van der Waals surface area (Å²) >= 11 is 0. The van der Waals surface area contributed by atoms with Gasteiger partial charge in [0.05, 0.1) is 6.61 Å². The minimum Gasteiger partial charge on any atom is -0.463 e. The highest BCUT2D eigenvalue weighted by Gasteiger charge is 2.02. The zero-order chi connectivity index (χ0) is 17.7. The molecule has 0 N–H and O–H groups in total. The van der Waals surface area contributed by atoms with Crippen molar-refractivity contribution in [2.24, 2.45) is 0 Å². The Labute approximate surface area is 150 Å². The van der Waals surface area contributed by atoms with Gasteiger partial charge in [-0.3, -0.25) is 4.79 Å². The molecule has 3 heteroatoms. The smallest absolute Gasteiger partial charge is 0.305 e. The second-order valence-corrected chi connectivity index (χ2v) is 6.83. The fourth-order valence-corrected chi connectivity index (χ4v) is 2.82. The highest BCUT2D eigenvalue weighted by Crippen LogP contribution is 2.13. The highest BCUT2D eigenvalue weighted by atomic mass is 16.6. The minimum atomic E-state index is -0.0711. The van der Waals surface area contributed by atoms with E-state index in [4.69, 9.17) is 9.47 Å². The molecule has 0 unspecified atom stereocenters. The lowest BCUT2D eigenvalue weighted by atomic mass is 10.0. The Bertz CT molecular complexity index is 253. The first-order valence-electron chi connectivity index (χ1n) is 10.5. The fourth-order valence-electron chi connectivity index (χ4n) is 2.82. The third kappa shape index (κ3) is 19.5. The van der Waals surface area contributed by atoms with Crippen molar-refractivity contribution < 1.29 is 14.3 Å². The van der Waals surface area contributed by atoms with Crippen molar-refractivity contribution in [2.75, 3.05) is 19.8 Å². The zero-order valence-electron chi connectivity index (χ0n) is 16.5. The molecule has 0 bridgehead atoms. The summed E-state index contributed by atoms with van der Waals surface area (Å²) in [4.78, 5) is 11.5. The lowest BCUT2D eigenvalue weighted by Crippen LogP contribution is -2.10. The SMILES string of the molecule is CCCCCCCCCCCCCCCC(=O)OCCOCCC. The molecule has 0 aliphatic rings. The Kier molecular flexibility index (Phi) is 20.0. The molecule has 24 heavy (non-hydrogen) atoms. The van der Waals surface area contributed by atoms with Crippen LogP contribution >= 0.6 is 0 Å². The molecule has 0 saturated carbocycles. The Balaban J connectivity index is 3.10. The Morgan fingerprint density at radius 2 is 1.08 bits per heavy atom. The van der Waals surface area contributed by atoms with Crippen LogP contribution in [0.25, 0.3) is 0 Å². The van der Waals surface area contributed by atoms with Crippen LogP contribution in [0, 0.1) is 0 Å². The van der Waals surface area contributed by atoms with Gasteiger partial charge in [0.1, 0.15) is 6.61 Å². The van der Waals surface area contributed by atoms with E-state index in [-0.39, 0.29) is 5.97 Å². The van der Waals surface area contributed by atoms with Crippen LogP contribution in [0.15, 0.2) is 0 Å². The van der Waals surface area contributed by atoms with Gasteiger partial charge in [0, 0.05) is 13.0 Å². The topological polar surface area (TPSA) is 35.5 Å². The summed E-state index contributed by atoms with van der Waals surface area (Å²) in [6.07, 6.45) is 18.8. The molecule has 0 aromatic rings. The molecule has 3 nitrogen and oxygen atoms in total. The molecule has 0 heterocycles. The number of esters is 1. The Morgan fingerprint density at radius 3 is 1.58 bits per heavy atom. The number of hydrogen-bond donors (Lipinski definition) is 0. The summed E-state index contributed by atoms with van der Waals surface area (Å²) in [6.45, 7) is 6.01. The predicted molar refractivity (Wildman–Crippen MR) is 102 cm³/mol. The number of unbranched alkanes of at least 4 members (excludes halogenated alkanes) is 12. The Morgan fingerprint density at radius 1 is 0.583 bits per heavy atom. The largest absolute Gasteiger partial charge is 0.463 e. The molecule has 144 valence electrons. The summed E-state index contributed by atoms with van der Waals surface area (Å²) in [5.74, 6) is -0.0711. The average molecular weight is 343 g/mol. The maximum absolute atomic E-state index is 11.5. The summed E-state index contributed by atoms with van der Waals surface area (Å²) in [5, 5.41) is 0. The monoisotopic (exact) mass is 342 g/mol. The molecule has 0 fully saturated rings. The summed E-state index contributed by atoms with van der Waals surface area (Å²) in [6, 6.07) is 0. The summed E-state index contributed by atoms with van der Waals surface area (Å²) in [7, 11) is 0. The highest BCUT2D eigenvalue weighted by molar-refractivity contribution is 5.69. The van der Waals surface area contributed by atoms with Crippen molar-refractivity contribution in [1.82, 2.24) is 0 Å². The molecule has 0 aliphatic carbocycles. The van der Waals surface area contributed by atoms with Crippen LogP contribution in [-0.2, 0) is 14.3 Å². The molecule has 0 saturated heterocycles. The van der Waals surface area contributed by atoms with E-state index in [9.17, 15) is 4.79 Å². The van der Waals surface area contributed by atoms with Gasteiger partial charge in [-0.2, -0.15) is 0 Å². The lowest BCUT2D eigenvalue weighted by Gasteiger charge is -2.05. The molecule has 0 atom stereocenters. The van der Waals surface area contributed by atoms with Crippen molar-refractivity contribution in [3.63, 3.8) is 0 Å². The van der Waals surface area contributed by atoms with Gasteiger partial charge < -0.3 is 9.47 Å². The first-order chi connectivity index (χ1) is 11.8. The van der Waals surface area contributed by atoms with Gasteiger partial charge in [-0.15, -0.1) is 0 Å². The van der Waals surface area contributed by atoms with Crippen molar-refractivity contribution in [3.8, 4) is 0 Å². The predicted octanol–water partition coefficient (Wildman–Crippen LogP) is 6.44. The van der Waals surface area contributed by atoms with Gasteiger partial charge in [0.2, 0.25) is 0 Å². The van der Waals surface area contributed by atoms with Gasteiger partial charge in [0.25, 0.3) is 0 Å². The first-order valence-corrected chi connectivity index (χ1v) is 10.5. The van der Waals surface area contributed by atoms with Crippen LogP contribution in [-0.4, -0.2) is 25.8 Å². The summed E-state index contributed by atoms with van der Waals surface area (Å²) in [5.41, 5.74) is 0. The number of carbonyl (C=O) groups is 1. The van der Waals surface area contributed by atoms with Crippen molar-refractivity contribution in [3.05, 3.63) is 0 Å². The van der Waals surface area contributed by atoms with Crippen LogP contribution in [0.2, 0.25) is 0 Å². The quantitative estimate of drug-likeness (QED) is 0.200. The third-order valence-electron chi connectivity index (χ3n) is 4.32. The zero-order valence-corrected chi connectivity index (χ0v) is 16.5. The van der Waals surface area contributed by atoms with Gasteiger partial charge in [-0.05, 0) is 12.8 Å². The van der Waals surface area contributed by atoms with E-state index in [2.05, 4.69) is 13.8 Å². The number of hydrogen-bond acceptors (Lipinski definition) is 3. The molecule has 0 radical (unpaired) electrons. The second kappa shape index (κ2) is 20.5. The normalized spacial score (nSPS) is 10.9. The molecule has 0 spiro atoms. The number of rotatable bonds is 19. The van der Waals surface area contributed by atoms with E-state index >= 15 is 0 Å². The van der Waals surface area contributed by atoms with Crippen LogP contribution in [0.4, 0.5) is 0 Å². The van der Waals surface area contributed by atoms with Gasteiger partial charge in [0.15, 0.2) is 0 Å².